The van der Waals surface area contributed by atoms with Gasteiger partial charge >= 0.3 is 5.97 Å². The zero-order valence-corrected chi connectivity index (χ0v) is 18.0. The number of carbonyl (C=O) groups is 1. The van der Waals surface area contributed by atoms with Crippen molar-refractivity contribution in [2.45, 2.75) is 18.7 Å². The third-order valence-electron chi connectivity index (χ3n) is 5.73. The molecule has 0 amide bonds. The molecule has 0 radical (unpaired) electrons. The third kappa shape index (κ3) is 2.97. The first-order valence-electron chi connectivity index (χ1n) is 9.78. The van der Waals surface area contributed by atoms with Gasteiger partial charge in [-0.25, -0.2) is 4.99 Å². The number of hydrogen-bond acceptors (Lipinski definition) is 7. The van der Waals surface area contributed by atoms with Gasteiger partial charge in [0.25, 0.3) is 5.56 Å². The van der Waals surface area contributed by atoms with Crippen LogP contribution in [0.1, 0.15) is 24.1 Å². The maximum atomic E-state index is 13.5. The van der Waals surface area contributed by atoms with E-state index < -0.39 is 23.7 Å². The lowest BCUT2D eigenvalue weighted by atomic mass is 9.81. The Morgan fingerprint density at radius 1 is 1.23 bits per heavy atom. The van der Waals surface area contributed by atoms with E-state index in [1.807, 2.05) is 54.6 Å². The van der Waals surface area contributed by atoms with E-state index in [0.717, 1.165) is 11.1 Å². The average molecular weight is 436 g/mol. The van der Waals surface area contributed by atoms with E-state index in [2.05, 4.69) is 0 Å². The summed E-state index contributed by atoms with van der Waals surface area (Å²) in [5.41, 5.74) is 0.228. The Bertz CT molecular complexity index is 1380. The van der Waals surface area contributed by atoms with Crippen molar-refractivity contribution in [1.29, 1.82) is 0 Å². The van der Waals surface area contributed by atoms with E-state index in [9.17, 15) is 9.59 Å². The summed E-state index contributed by atoms with van der Waals surface area (Å²) in [6.45, 7) is 1.76. The first-order chi connectivity index (χ1) is 14.9. The molecule has 3 unspecified atom stereocenters. The highest BCUT2D eigenvalue weighted by molar-refractivity contribution is 7.07. The van der Waals surface area contributed by atoms with Gasteiger partial charge in [-0.15, -0.1) is 0 Å². The predicted octanol–water partition coefficient (Wildman–Crippen LogP) is 1.87. The van der Waals surface area contributed by atoms with Gasteiger partial charge in [0.05, 0.1) is 24.8 Å². The molecule has 2 bridgehead atoms. The second kappa shape index (κ2) is 7.09. The summed E-state index contributed by atoms with van der Waals surface area (Å²) >= 11 is 1.28. The molecule has 2 aromatic carbocycles. The number of nitrogens with zero attached hydrogens (tertiary/aromatic N) is 2. The van der Waals surface area contributed by atoms with E-state index in [0.29, 0.717) is 20.8 Å². The summed E-state index contributed by atoms with van der Waals surface area (Å²) in [5.74, 6) is 0.0713. The summed E-state index contributed by atoms with van der Waals surface area (Å²) < 4.78 is 18.6. The SMILES string of the molecule is COC(=O)C1C2c3ccccc3OC1(C)N=c1s/c(=C/c3cccc(OC)c3)c(=O)n12. The number of thiazole rings is 1. The van der Waals surface area contributed by atoms with Crippen LogP contribution in [0, 0.1) is 5.92 Å². The summed E-state index contributed by atoms with van der Waals surface area (Å²) in [5, 5.41) is 0. The van der Waals surface area contributed by atoms with Crippen LogP contribution in [-0.4, -0.2) is 30.5 Å². The summed E-state index contributed by atoms with van der Waals surface area (Å²) in [4.78, 5) is 31.5. The van der Waals surface area contributed by atoms with Crippen LogP contribution >= 0.6 is 11.3 Å². The Labute approximate surface area is 181 Å². The smallest absolute Gasteiger partial charge is 0.317 e. The zero-order chi connectivity index (χ0) is 21.8. The number of esters is 1. The highest BCUT2D eigenvalue weighted by atomic mass is 32.1. The van der Waals surface area contributed by atoms with Gasteiger partial charge in [0.1, 0.15) is 17.4 Å². The monoisotopic (exact) mass is 436 g/mol. The van der Waals surface area contributed by atoms with Gasteiger partial charge in [-0.2, -0.15) is 0 Å². The molecule has 2 aliphatic heterocycles. The number of aromatic nitrogens is 1. The second-order valence-electron chi connectivity index (χ2n) is 7.60. The van der Waals surface area contributed by atoms with Crippen molar-refractivity contribution in [3.05, 3.63) is 79.3 Å². The van der Waals surface area contributed by atoms with Gasteiger partial charge in [-0.3, -0.25) is 14.2 Å². The van der Waals surface area contributed by atoms with Crippen LogP contribution < -0.4 is 24.4 Å². The maximum absolute atomic E-state index is 13.5. The largest absolute Gasteiger partial charge is 0.497 e. The molecule has 3 atom stereocenters. The molecule has 158 valence electrons. The van der Waals surface area contributed by atoms with Crippen molar-refractivity contribution in [3.8, 4) is 11.5 Å². The molecule has 3 heterocycles. The second-order valence-corrected chi connectivity index (χ2v) is 8.61. The zero-order valence-electron chi connectivity index (χ0n) is 17.2. The normalized spacial score (nSPS) is 23.8. The van der Waals surface area contributed by atoms with Crippen molar-refractivity contribution >= 4 is 23.4 Å². The number of methoxy groups -OCH3 is 2. The summed E-state index contributed by atoms with van der Waals surface area (Å²) in [7, 11) is 2.93. The van der Waals surface area contributed by atoms with Gasteiger partial charge in [0, 0.05) is 5.56 Å². The number of para-hydroxylation sites is 1. The molecule has 8 heteroatoms. The molecule has 5 rings (SSSR count). The minimum atomic E-state index is -1.17. The van der Waals surface area contributed by atoms with Gasteiger partial charge in [-0.1, -0.05) is 41.7 Å². The van der Waals surface area contributed by atoms with Crippen LogP contribution in [0.2, 0.25) is 0 Å². The fourth-order valence-corrected chi connectivity index (χ4v) is 5.41. The first-order valence-corrected chi connectivity index (χ1v) is 10.6. The van der Waals surface area contributed by atoms with E-state index in [4.69, 9.17) is 19.2 Å². The minimum absolute atomic E-state index is 0.204. The molecule has 0 saturated carbocycles. The van der Waals surface area contributed by atoms with Crippen LogP contribution in [0.5, 0.6) is 11.5 Å². The Balaban J connectivity index is 1.77. The van der Waals surface area contributed by atoms with Crippen LogP contribution in [0.4, 0.5) is 0 Å². The number of rotatable bonds is 3. The van der Waals surface area contributed by atoms with Crippen molar-refractivity contribution in [2.75, 3.05) is 14.2 Å². The quantitative estimate of drug-likeness (QED) is 0.586. The molecule has 0 spiro atoms. The number of carbonyl (C=O) groups excluding carboxylic acids is 1. The van der Waals surface area contributed by atoms with Crippen molar-refractivity contribution in [1.82, 2.24) is 4.57 Å². The third-order valence-corrected chi connectivity index (χ3v) is 6.71. The lowest BCUT2D eigenvalue weighted by molar-refractivity contribution is -0.158. The molecular weight excluding hydrogens is 416 g/mol. The first kappa shape index (κ1) is 19.6. The van der Waals surface area contributed by atoms with Crippen molar-refractivity contribution < 1.29 is 19.0 Å². The Morgan fingerprint density at radius 3 is 2.81 bits per heavy atom. The molecule has 3 aromatic rings. The molecule has 31 heavy (non-hydrogen) atoms. The van der Waals surface area contributed by atoms with Crippen LogP contribution in [-0.2, 0) is 9.53 Å². The van der Waals surface area contributed by atoms with Gasteiger partial charge in [-0.05, 0) is 36.8 Å². The molecule has 1 aromatic heterocycles. The Morgan fingerprint density at radius 2 is 2.03 bits per heavy atom. The number of hydrogen-bond donors (Lipinski definition) is 0. The van der Waals surface area contributed by atoms with Gasteiger partial charge in [0.15, 0.2) is 4.80 Å². The molecule has 0 fully saturated rings. The van der Waals surface area contributed by atoms with E-state index in [1.54, 1.807) is 18.6 Å². The van der Waals surface area contributed by atoms with Crippen molar-refractivity contribution in [2.24, 2.45) is 10.9 Å². The summed E-state index contributed by atoms with van der Waals surface area (Å²) in [6.07, 6.45) is 1.81. The highest BCUT2D eigenvalue weighted by Crippen LogP contribution is 2.47. The highest BCUT2D eigenvalue weighted by Gasteiger charge is 2.55. The molecule has 0 N–H and O–H groups in total. The molecule has 7 nitrogen and oxygen atoms in total. The Hall–Kier alpha value is -3.39. The number of fused-ring (bicyclic) bond motifs is 6. The predicted molar refractivity (Wildman–Crippen MR) is 115 cm³/mol. The van der Waals surface area contributed by atoms with Crippen LogP contribution in [0.3, 0.4) is 0 Å². The van der Waals surface area contributed by atoms with E-state index >= 15 is 0 Å². The maximum Gasteiger partial charge on any atom is 0.317 e. The van der Waals surface area contributed by atoms with E-state index in [1.165, 1.54) is 18.4 Å². The number of benzene rings is 2. The summed E-state index contributed by atoms with van der Waals surface area (Å²) in [6, 6.07) is 14.3. The standard InChI is InChI=1S/C23H20N2O5S/c1-23-18(21(27)29-3)19(15-9-4-5-10-16(15)30-23)25-20(26)17(31-22(25)24-23)12-13-7-6-8-14(11-13)28-2/h4-12,18-19H,1-3H3/b17-12+. The minimum Gasteiger partial charge on any atom is -0.497 e. The molecule has 2 aliphatic rings. The average Bonchev–Trinajstić information content (AvgIpc) is 3.06. The van der Waals surface area contributed by atoms with Crippen LogP contribution in [0.25, 0.3) is 6.08 Å². The molecule has 0 saturated heterocycles. The van der Waals surface area contributed by atoms with Crippen LogP contribution in [0.15, 0.2) is 58.3 Å². The van der Waals surface area contributed by atoms with Gasteiger partial charge in [0.2, 0.25) is 5.72 Å². The molecular formula is C23H20N2O5S. The van der Waals surface area contributed by atoms with Crippen molar-refractivity contribution in [3.63, 3.8) is 0 Å². The Kier molecular flexibility index (Phi) is 4.48. The van der Waals surface area contributed by atoms with Gasteiger partial charge < -0.3 is 14.2 Å². The lowest BCUT2D eigenvalue weighted by Crippen LogP contribution is -2.58. The van der Waals surface area contributed by atoms with E-state index in [-0.39, 0.29) is 5.56 Å². The molecule has 0 aliphatic carbocycles. The topological polar surface area (TPSA) is 79.1 Å². The fourth-order valence-electron chi connectivity index (χ4n) is 4.31. The number of ether oxygens (including phenoxy) is 3. The lowest BCUT2D eigenvalue weighted by Gasteiger charge is -2.44. The fraction of sp³-hybridized carbons (Fsp3) is 0.261.